The van der Waals surface area contributed by atoms with Crippen LogP contribution in [0.2, 0.25) is 0 Å². The summed E-state index contributed by atoms with van der Waals surface area (Å²) in [5.74, 6) is 2.51. The first kappa shape index (κ1) is 9.90. The zero-order valence-electron chi connectivity index (χ0n) is 8.79. The molecule has 0 bridgehead atoms. The normalized spacial score (nSPS) is 27.6. The van der Waals surface area contributed by atoms with E-state index in [1.54, 1.807) is 0 Å². The highest BCUT2D eigenvalue weighted by Crippen LogP contribution is 2.35. The lowest BCUT2D eigenvalue weighted by Gasteiger charge is -2.24. The van der Waals surface area contributed by atoms with Gasteiger partial charge in [0.05, 0.1) is 0 Å². The summed E-state index contributed by atoms with van der Waals surface area (Å²) in [5.41, 5.74) is 0. The van der Waals surface area contributed by atoms with Gasteiger partial charge in [0.2, 0.25) is 5.13 Å². The zero-order chi connectivity index (χ0) is 9.97. The van der Waals surface area contributed by atoms with E-state index in [1.807, 2.05) is 7.05 Å². The van der Waals surface area contributed by atoms with Gasteiger partial charge >= 0.3 is 0 Å². The average molecular weight is 211 g/mol. The first-order chi connectivity index (χ1) is 6.79. The first-order valence-corrected chi connectivity index (χ1v) is 6.08. The minimum Gasteiger partial charge on any atom is -0.363 e. The second kappa shape index (κ2) is 4.26. The van der Waals surface area contributed by atoms with Gasteiger partial charge in [-0.3, -0.25) is 0 Å². The third kappa shape index (κ3) is 2.05. The molecule has 0 aromatic carbocycles. The van der Waals surface area contributed by atoms with Crippen LogP contribution in [0.3, 0.4) is 0 Å². The number of rotatable bonds is 2. The molecule has 1 fully saturated rings. The predicted molar refractivity (Wildman–Crippen MR) is 59.8 cm³/mol. The Kier molecular flexibility index (Phi) is 3.01. The summed E-state index contributed by atoms with van der Waals surface area (Å²) in [4.78, 5) is 4.48. The van der Waals surface area contributed by atoms with Gasteiger partial charge in [-0.05, 0) is 18.8 Å². The van der Waals surface area contributed by atoms with E-state index in [2.05, 4.69) is 21.6 Å². The molecule has 1 aliphatic rings. The predicted octanol–water partition coefficient (Wildman–Crippen LogP) is 2.87. The van der Waals surface area contributed by atoms with Crippen LogP contribution in [0.1, 0.15) is 44.3 Å². The molecule has 2 atom stereocenters. The van der Waals surface area contributed by atoms with Crippen molar-refractivity contribution < 1.29 is 0 Å². The smallest absolute Gasteiger partial charge is 0.202 e. The summed E-state index contributed by atoms with van der Waals surface area (Å²) >= 11 is 1.47. The van der Waals surface area contributed by atoms with Crippen LogP contribution < -0.4 is 5.32 Å². The summed E-state index contributed by atoms with van der Waals surface area (Å²) in [6, 6.07) is 0. The van der Waals surface area contributed by atoms with Crippen molar-refractivity contribution in [3.63, 3.8) is 0 Å². The van der Waals surface area contributed by atoms with Gasteiger partial charge < -0.3 is 5.32 Å². The van der Waals surface area contributed by atoms with Crippen LogP contribution in [0.25, 0.3) is 0 Å². The minimum absolute atomic E-state index is 0.608. The SMILES string of the molecule is CNc1nc(C2CCCC(C)C2)ns1. The zero-order valence-corrected chi connectivity index (χ0v) is 9.60. The lowest BCUT2D eigenvalue weighted by molar-refractivity contribution is 0.337. The average Bonchev–Trinajstić information content (AvgIpc) is 2.66. The van der Waals surface area contributed by atoms with Gasteiger partial charge in [0, 0.05) is 24.5 Å². The molecule has 1 heterocycles. The Morgan fingerprint density at radius 2 is 2.29 bits per heavy atom. The Hall–Kier alpha value is -0.640. The largest absolute Gasteiger partial charge is 0.363 e. The van der Waals surface area contributed by atoms with E-state index >= 15 is 0 Å². The number of anilines is 1. The van der Waals surface area contributed by atoms with Gasteiger partial charge in [-0.1, -0.05) is 19.8 Å². The molecule has 0 aliphatic heterocycles. The molecule has 1 aromatic rings. The Bertz CT molecular complexity index is 297. The number of nitrogens with zero attached hydrogens (tertiary/aromatic N) is 2. The molecule has 2 unspecified atom stereocenters. The summed E-state index contributed by atoms with van der Waals surface area (Å²) < 4.78 is 4.41. The van der Waals surface area contributed by atoms with Crippen LogP contribution >= 0.6 is 11.5 Å². The van der Waals surface area contributed by atoms with Gasteiger partial charge in [-0.2, -0.15) is 4.37 Å². The van der Waals surface area contributed by atoms with E-state index in [0.29, 0.717) is 5.92 Å². The minimum atomic E-state index is 0.608. The van der Waals surface area contributed by atoms with Gasteiger partial charge in [0.25, 0.3) is 0 Å². The third-order valence-electron chi connectivity index (χ3n) is 2.96. The maximum Gasteiger partial charge on any atom is 0.202 e. The fraction of sp³-hybridized carbons (Fsp3) is 0.800. The molecular formula is C10H17N3S. The maximum atomic E-state index is 4.48. The van der Waals surface area contributed by atoms with Crippen LogP contribution in [-0.4, -0.2) is 16.4 Å². The molecule has 0 amide bonds. The van der Waals surface area contributed by atoms with Crippen LogP contribution in [0.15, 0.2) is 0 Å². The van der Waals surface area contributed by atoms with Crippen molar-refractivity contribution in [2.24, 2.45) is 5.92 Å². The fourth-order valence-electron chi connectivity index (χ4n) is 2.17. The molecule has 1 N–H and O–H groups in total. The van der Waals surface area contributed by atoms with Gasteiger partial charge in [-0.15, -0.1) is 0 Å². The topological polar surface area (TPSA) is 37.8 Å². The Labute approximate surface area is 89.1 Å². The molecule has 78 valence electrons. The molecule has 1 aromatic heterocycles. The lowest BCUT2D eigenvalue weighted by atomic mass is 9.82. The number of hydrogen-bond acceptors (Lipinski definition) is 4. The quantitative estimate of drug-likeness (QED) is 0.817. The molecule has 3 nitrogen and oxygen atoms in total. The second-order valence-electron chi connectivity index (χ2n) is 4.18. The van der Waals surface area contributed by atoms with Crippen molar-refractivity contribution in [1.29, 1.82) is 0 Å². The second-order valence-corrected chi connectivity index (χ2v) is 4.93. The van der Waals surface area contributed by atoms with E-state index < -0.39 is 0 Å². The summed E-state index contributed by atoms with van der Waals surface area (Å²) in [7, 11) is 1.90. The van der Waals surface area contributed by atoms with Gasteiger partial charge in [-0.25, -0.2) is 4.98 Å². The van der Waals surface area contributed by atoms with Crippen molar-refractivity contribution >= 4 is 16.7 Å². The molecule has 2 rings (SSSR count). The molecule has 4 heteroatoms. The summed E-state index contributed by atoms with van der Waals surface area (Å²) in [5, 5.41) is 3.99. The molecule has 0 radical (unpaired) electrons. The Morgan fingerprint density at radius 1 is 1.43 bits per heavy atom. The van der Waals surface area contributed by atoms with E-state index in [4.69, 9.17) is 0 Å². The van der Waals surface area contributed by atoms with E-state index in [1.165, 1.54) is 37.2 Å². The number of nitrogens with one attached hydrogen (secondary N) is 1. The van der Waals surface area contributed by atoms with Crippen molar-refractivity contribution in [1.82, 2.24) is 9.36 Å². The third-order valence-corrected chi connectivity index (χ3v) is 3.70. The maximum absolute atomic E-state index is 4.48. The van der Waals surface area contributed by atoms with E-state index in [9.17, 15) is 0 Å². The van der Waals surface area contributed by atoms with Crippen LogP contribution in [0, 0.1) is 5.92 Å². The molecule has 1 saturated carbocycles. The van der Waals surface area contributed by atoms with Gasteiger partial charge in [0.1, 0.15) is 5.82 Å². The highest BCUT2D eigenvalue weighted by molar-refractivity contribution is 7.09. The standard InChI is InChI=1S/C10H17N3S/c1-7-4-3-5-8(6-7)9-12-10(11-2)14-13-9/h7-8H,3-6H2,1-2H3,(H,11,12,13). The Morgan fingerprint density at radius 3 is 2.93 bits per heavy atom. The van der Waals surface area contributed by atoms with Crippen LogP contribution in [-0.2, 0) is 0 Å². The molecule has 0 saturated heterocycles. The number of aromatic nitrogens is 2. The summed E-state index contributed by atoms with van der Waals surface area (Å²) in [6.07, 6.45) is 5.24. The first-order valence-electron chi connectivity index (χ1n) is 5.31. The lowest BCUT2D eigenvalue weighted by Crippen LogP contribution is -2.12. The molecule has 0 spiro atoms. The fourth-order valence-corrected chi connectivity index (χ4v) is 2.77. The van der Waals surface area contributed by atoms with Crippen molar-refractivity contribution in [2.75, 3.05) is 12.4 Å². The van der Waals surface area contributed by atoms with Gasteiger partial charge in [0.15, 0.2) is 0 Å². The van der Waals surface area contributed by atoms with E-state index in [-0.39, 0.29) is 0 Å². The molecule has 14 heavy (non-hydrogen) atoms. The van der Waals surface area contributed by atoms with Crippen LogP contribution in [0.5, 0.6) is 0 Å². The highest BCUT2D eigenvalue weighted by atomic mass is 32.1. The van der Waals surface area contributed by atoms with Crippen molar-refractivity contribution in [3.8, 4) is 0 Å². The summed E-state index contributed by atoms with van der Waals surface area (Å²) in [6.45, 7) is 2.33. The van der Waals surface area contributed by atoms with Crippen LogP contribution in [0.4, 0.5) is 5.13 Å². The highest BCUT2D eigenvalue weighted by Gasteiger charge is 2.23. The van der Waals surface area contributed by atoms with E-state index in [0.717, 1.165) is 16.9 Å². The number of hydrogen-bond donors (Lipinski definition) is 1. The Balaban J connectivity index is 2.06. The molecule has 1 aliphatic carbocycles. The molecular weight excluding hydrogens is 194 g/mol. The van der Waals surface area contributed by atoms with Crippen molar-refractivity contribution in [3.05, 3.63) is 5.82 Å². The monoisotopic (exact) mass is 211 g/mol. The van der Waals surface area contributed by atoms with Crippen molar-refractivity contribution in [2.45, 2.75) is 38.5 Å².